The molecule has 2 aromatic carbocycles. The van der Waals surface area contributed by atoms with E-state index >= 15 is 0 Å². The summed E-state index contributed by atoms with van der Waals surface area (Å²) in [6.07, 6.45) is 6.26. The standard InChI is InChI=1S/C22H17N3O3/c1-15-13-16(8-9-19(15)27-17-5-4-12-23-14-17)24-21(26)10-11-22-25-18-6-2-3-7-20(18)28-22/h2-14H,1H3,(H,24,26). The highest BCUT2D eigenvalue weighted by Crippen LogP contribution is 2.26. The maximum atomic E-state index is 12.2. The Morgan fingerprint density at radius 3 is 2.82 bits per heavy atom. The Balaban J connectivity index is 1.42. The van der Waals surface area contributed by atoms with Crippen LogP contribution in [0.5, 0.6) is 11.5 Å². The van der Waals surface area contributed by atoms with E-state index < -0.39 is 0 Å². The van der Waals surface area contributed by atoms with Crippen molar-refractivity contribution in [3.05, 3.63) is 84.5 Å². The van der Waals surface area contributed by atoms with E-state index in [1.54, 1.807) is 24.5 Å². The minimum Gasteiger partial charge on any atom is -0.455 e. The molecule has 138 valence electrons. The summed E-state index contributed by atoms with van der Waals surface area (Å²) in [4.78, 5) is 20.5. The fourth-order valence-electron chi connectivity index (χ4n) is 2.67. The van der Waals surface area contributed by atoms with E-state index in [1.807, 2.05) is 55.5 Å². The molecule has 0 atom stereocenters. The van der Waals surface area contributed by atoms with E-state index in [9.17, 15) is 4.79 Å². The second-order valence-electron chi connectivity index (χ2n) is 6.11. The van der Waals surface area contributed by atoms with Gasteiger partial charge in [-0.05, 0) is 55.0 Å². The number of hydrogen-bond acceptors (Lipinski definition) is 5. The maximum absolute atomic E-state index is 12.2. The molecule has 4 aromatic rings. The lowest BCUT2D eigenvalue weighted by Gasteiger charge is -2.10. The third-order valence-corrected chi connectivity index (χ3v) is 3.99. The molecule has 0 aliphatic heterocycles. The molecule has 4 rings (SSSR count). The number of nitrogens with one attached hydrogen (secondary N) is 1. The van der Waals surface area contributed by atoms with Crippen molar-refractivity contribution in [1.29, 1.82) is 0 Å². The summed E-state index contributed by atoms with van der Waals surface area (Å²) in [6.45, 7) is 1.91. The molecule has 0 saturated carbocycles. The molecular formula is C22H17N3O3. The number of oxazole rings is 1. The molecule has 2 heterocycles. The minimum absolute atomic E-state index is 0.275. The van der Waals surface area contributed by atoms with Crippen LogP contribution in [-0.2, 0) is 4.79 Å². The second-order valence-corrected chi connectivity index (χ2v) is 6.11. The van der Waals surface area contributed by atoms with Crippen LogP contribution in [0.2, 0.25) is 0 Å². The van der Waals surface area contributed by atoms with Gasteiger partial charge in [0.25, 0.3) is 0 Å². The molecule has 6 nitrogen and oxygen atoms in total. The van der Waals surface area contributed by atoms with Gasteiger partial charge in [-0.2, -0.15) is 0 Å². The number of rotatable bonds is 5. The first kappa shape index (κ1) is 17.5. The average Bonchev–Trinajstić information content (AvgIpc) is 3.12. The molecule has 6 heteroatoms. The molecule has 1 N–H and O–H groups in total. The number of para-hydroxylation sites is 2. The lowest BCUT2D eigenvalue weighted by Crippen LogP contribution is -2.07. The lowest BCUT2D eigenvalue weighted by atomic mass is 10.2. The number of aromatic nitrogens is 2. The first-order valence-electron chi connectivity index (χ1n) is 8.70. The van der Waals surface area contributed by atoms with Gasteiger partial charge in [-0.3, -0.25) is 9.78 Å². The van der Waals surface area contributed by atoms with Gasteiger partial charge >= 0.3 is 0 Å². The molecule has 28 heavy (non-hydrogen) atoms. The molecule has 0 fully saturated rings. The highest BCUT2D eigenvalue weighted by atomic mass is 16.5. The summed E-state index contributed by atoms with van der Waals surface area (Å²) in [6, 6.07) is 16.5. The van der Waals surface area contributed by atoms with Crippen molar-refractivity contribution in [2.75, 3.05) is 5.32 Å². The van der Waals surface area contributed by atoms with Crippen molar-refractivity contribution < 1.29 is 13.9 Å². The Kier molecular flexibility index (Phi) is 4.84. The van der Waals surface area contributed by atoms with Crippen LogP contribution in [0.25, 0.3) is 17.2 Å². The summed E-state index contributed by atoms with van der Waals surface area (Å²) in [5.41, 5.74) is 3.00. The zero-order valence-corrected chi connectivity index (χ0v) is 15.1. The van der Waals surface area contributed by atoms with Crippen molar-refractivity contribution in [3.63, 3.8) is 0 Å². The molecule has 0 unspecified atom stereocenters. The van der Waals surface area contributed by atoms with E-state index in [1.165, 1.54) is 6.08 Å². The maximum Gasteiger partial charge on any atom is 0.248 e. The second kappa shape index (κ2) is 7.75. The smallest absolute Gasteiger partial charge is 0.248 e. The highest BCUT2D eigenvalue weighted by molar-refractivity contribution is 6.01. The summed E-state index contributed by atoms with van der Waals surface area (Å²) in [7, 11) is 0. The molecular weight excluding hydrogens is 354 g/mol. The van der Waals surface area contributed by atoms with Crippen LogP contribution in [0.4, 0.5) is 5.69 Å². The Morgan fingerprint density at radius 2 is 2.04 bits per heavy atom. The number of aryl methyl sites for hydroxylation is 1. The molecule has 0 aliphatic carbocycles. The van der Waals surface area contributed by atoms with Crippen LogP contribution in [0.15, 0.2) is 77.5 Å². The van der Waals surface area contributed by atoms with E-state index in [0.29, 0.717) is 28.7 Å². The minimum atomic E-state index is -0.275. The highest BCUT2D eigenvalue weighted by Gasteiger charge is 2.06. The summed E-state index contributed by atoms with van der Waals surface area (Å²) >= 11 is 0. The Bertz CT molecular complexity index is 1120. The van der Waals surface area contributed by atoms with Crippen LogP contribution in [0.1, 0.15) is 11.5 Å². The Labute approximate surface area is 161 Å². The number of anilines is 1. The number of fused-ring (bicyclic) bond motifs is 1. The van der Waals surface area contributed by atoms with Crippen molar-refractivity contribution in [1.82, 2.24) is 9.97 Å². The van der Waals surface area contributed by atoms with Crippen molar-refractivity contribution in [2.24, 2.45) is 0 Å². The Hall–Kier alpha value is -3.93. The summed E-state index contributed by atoms with van der Waals surface area (Å²) in [5, 5.41) is 2.81. The topological polar surface area (TPSA) is 77.2 Å². The van der Waals surface area contributed by atoms with Crippen LogP contribution in [0, 0.1) is 6.92 Å². The van der Waals surface area contributed by atoms with Gasteiger partial charge in [0.2, 0.25) is 11.8 Å². The first-order valence-corrected chi connectivity index (χ1v) is 8.70. The Morgan fingerprint density at radius 1 is 1.14 bits per heavy atom. The van der Waals surface area contributed by atoms with Gasteiger partial charge in [0.05, 0.1) is 6.20 Å². The third kappa shape index (κ3) is 4.07. The number of benzene rings is 2. The van der Waals surface area contributed by atoms with Crippen LogP contribution in [0.3, 0.4) is 0 Å². The van der Waals surface area contributed by atoms with Crippen molar-refractivity contribution in [2.45, 2.75) is 6.92 Å². The zero-order valence-electron chi connectivity index (χ0n) is 15.1. The van der Waals surface area contributed by atoms with Crippen LogP contribution < -0.4 is 10.1 Å². The fourth-order valence-corrected chi connectivity index (χ4v) is 2.67. The van der Waals surface area contributed by atoms with Gasteiger partial charge in [-0.15, -0.1) is 0 Å². The number of ether oxygens (including phenoxy) is 1. The number of hydrogen-bond donors (Lipinski definition) is 1. The SMILES string of the molecule is Cc1cc(NC(=O)C=Cc2nc3ccccc3o2)ccc1Oc1cccnc1. The fraction of sp³-hybridized carbons (Fsp3) is 0.0455. The number of carbonyl (C=O) groups is 1. The van der Waals surface area contributed by atoms with Crippen molar-refractivity contribution >= 4 is 28.8 Å². The van der Waals surface area contributed by atoms with Gasteiger partial charge in [0, 0.05) is 24.0 Å². The summed E-state index contributed by atoms with van der Waals surface area (Å²) in [5.74, 6) is 1.46. The first-order chi connectivity index (χ1) is 13.7. The number of amides is 1. The van der Waals surface area contributed by atoms with E-state index in [4.69, 9.17) is 9.15 Å². The van der Waals surface area contributed by atoms with E-state index in [0.717, 1.165) is 11.1 Å². The molecule has 0 saturated heterocycles. The third-order valence-electron chi connectivity index (χ3n) is 3.99. The summed E-state index contributed by atoms with van der Waals surface area (Å²) < 4.78 is 11.4. The number of nitrogens with zero attached hydrogens (tertiary/aromatic N) is 2. The molecule has 1 amide bonds. The average molecular weight is 371 g/mol. The number of pyridine rings is 1. The van der Waals surface area contributed by atoms with Gasteiger partial charge in [-0.1, -0.05) is 12.1 Å². The molecule has 0 radical (unpaired) electrons. The largest absolute Gasteiger partial charge is 0.455 e. The van der Waals surface area contributed by atoms with Gasteiger partial charge in [-0.25, -0.2) is 4.98 Å². The zero-order chi connectivity index (χ0) is 19.3. The molecule has 0 aliphatic rings. The molecule has 0 spiro atoms. The van der Waals surface area contributed by atoms with Gasteiger partial charge in [0.15, 0.2) is 5.58 Å². The van der Waals surface area contributed by atoms with Crippen molar-refractivity contribution in [3.8, 4) is 11.5 Å². The van der Waals surface area contributed by atoms with Gasteiger partial charge < -0.3 is 14.5 Å². The quantitative estimate of drug-likeness (QED) is 0.501. The lowest BCUT2D eigenvalue weighted by molar-refractivity contribution is -0.111. The van der Waals surface area contributed by atoms with Crippen LogP contribution in [-0.4, -0.2) is 15.9 Å². The van der Waals surface area contributed by atoms with E-state index in [2.05, 4.69) is 15.3 Å². The monoisotopic (exact) mass is 371 g/mol. The van der Waals surface area contributed by atoms with Crippen LogP contribution >= 0.6 is 0 Å². The van der Waals surface area contributed by atoms with Gasteiger partial charge in [0.1, 0.15) is 17.0 Å². The number of carbonyl (C=O) groups excluding carboxylic acids is 1. The normalized spacial score (nSPS) is 11.0. The predicted octanol–water partition coefficient (Wildman–Crippen LogP) is 4.98. The predicted molar refractivity (Wildman–Crippen MR) is 107 cm³/mol. The molecule has 2 aromatic heterocycles. The van der Waals surface area contributed by atoms with E-state index in [-0.39, 0.29) is 5.91 Å². The molecule has 0 bridgehead atoms.